The normalized spacial score (nSPS) is 21.8. The molecule has 0 aromatic carbocycles. The van der Waals surface area contributed by atoms with E-state index in [2.05, 4.69) is 6.58 Å². The van der Waals surface area contributed by atoms with Crippen molar-refractivity contribution in [1.82, 2.24) is 4.90 Å². The maximum absolute atomic E-state index is 11.8. The van der Waals surface area contributed by atoms with Gasteiger partial charge in [-0.05, 0) is 0 Å². The van der Waals surface area contributed by atoms with E-state index >= 15 is 0 Å². The van der Waals surface area contributed by atoms with E-state index in [1.807, 2.05) is 16.4 Å². The Labute approximate surface area is 116 Å². The summed E-state index contributed by atoms with van der Waals surface area (Å²) < 4.78 is 11.2. The van der Waals surface area contributed by atoms with Crippen LogP contribution in [0.25, 0.3) is 0 Å². The second-order valence-corrected chi connectivity index (χ2v) is 5.80. The smallest absolute Gasteiger partial charge is 0.223 e. The van der Waals surface area contributed by atoms with Crippen LogP contribution in [0, 0.1) is 5.92 Å². The Kier molecular flexibility index (Phi) is 3.46. The summed E-state index contributed by atoms with van der Waals surface area (Å²) in [5, 5.41) is 1.99. The number of hydrogen-bond acceptors (Lipinski definition) is 4. The molecule has 1 aromatic heterocycles. The summed E-state index contributed by atoms with van der Waals surface area (Å²) in [6, 6.07) is 0. The average molecular weight is 279 g/mol. The number of fused-ring (bicyclic) bond motifs is 1. The Morgan fingerprint density at radius 2 is 2.32 bits per heavy atom. The first kappa shape index (κ1) is 12.5. The Morgan fingerprint density at radius 3 is 3.11 bits per heavy atom. The van der Waals surface area contributed by atoms with Crippen LogP contribution in [-0.2, 0) is 11.2 Å². The number of amides is 1. The zero-order valence-corrected chi connectivity index (χ0v) is 11.6. The third kappa shape index (κ3) is 2.47. The molecular weight excluding hydrogens is 262 g/mol. The van der Waals surface area contributed by atoms with Gasteiger partial charge < -0.3 is 14.4 Å². The van der Waals surface area contributed by atoms with Crippen LogP contribution in [0.15, 0.2) is 18.0 Å². The van der Waals surface area contributed by atoms with Crippen LogP contribution in [0.5, 0.6) is 11.5 Å². The van der Waals surface area contributed by atoms with E-state index in [4.69, 9.17) is 9.47 Å². The monoisotopic (exact) mass is 279 g/mol. The molecule has 1 aromatic rings. The van der Waals surface area contributed by atoms with E-state index in [-0.39, 0.29) is 5.91 Å². The van der Waals surface area contributed by atoms with Gasteiger partial charge in [-0.15, -0.1) is 17.9 Å². The Hall–Kier alpha value is -1.49. The molecule has 102 valence electrons. The molecule has 1 atom stereocenters. The largest absolute Gasteiger partial charge is 0.485 e. The molecule has 0 aliphatic carbocycles. The van der Waals surface area contributed by atoms with Gasteiger partial charge in [-0.1, -0.05) is 6.08 Å². The molecule has 0 bridgehead atoms. The molecule has 3 rings (SSSR count). The number of hydrogen-bond donors (Lipinski definition) is 0. The number of carbonyl (C=O) groups is 1. The van der Waals surface area contributed by atoms with Gasteiger partial charge in [0.05, 0.1) is 4.88 Å². The average Bonchev–Trinajstić information content (AvgIpc) is 3.00. The molecule has 1 unspecified atom stereocenters. The van der Waals surface area contributed by atoms with Crippen molar-refractivity contribution in [3.63, 3.8) is 0 Å². The predicted octanol–water partition coefficient (Wildman–Crippen LogP) is 2.10. The minimum atomic E-state index is 0.229. The Balaban J connectivity index is 1.62. The van der Waals surface area contributed by atoms with Gasteiger partial charge in [0.1, 0.15) is 13.2 Å². The number of rotatable bonds is 4. The van der Waals surface area contributed by atoms with Crippen molar-refractivity contribution in [2.45, 2.75) is 12.8 Å². The molecule has 1 fully saturated rings. The summed E-state index contributed by atoms with van der Waals surface area (Å²) in [7, 11) is 0. The fourth-order valence-corrected chi connectivity index (χ4v) is 3.40. The van der Waals surface area contributed by atoms with Crippen molar-refractivity contribution >= 4 is 17.2 Å². The predicted molar refractivity (Wildman–Crippen MR) is 73.9 cm³/mol. The number of likely N-dealkylation sites (tertiary alicyclic amines) is 1. The summed E-state index contributed by atoms with van der Waals surface area (Å²) >= 11 is 1.65. The van der Waals surface area contributed by atoms with E-state index in [0.29, 0.717) is 25.6 Å². The Morgan fingerprint density at radius 1 is 1.47 bits per heavy atom. The van der Waals surface area contributed by atoms with Crippen molar-refractivity contribution in [1.29, 1.82) is 0 Å². The highest BCUT2D eigenvalue weighted by Gasteiger charge is 2.28. The van der Waals surface area contributed by atoms with Gasteiger partial charge in [0, 0.05) is 37.2 Å². The van der Waals surface area contributed by atoms with Crippen molar-refractivity contribution in [3.05, 3.63) is 22.9 Å². The third-order valence-corrected chi connectivity index (χ3v) is 4.57. The molecule has 2 aliphatic rings. The van der Waals surface area contributed by atoms with E-state index in [1.165, 1.54) is 4.88 Å². The van der Waals surface area contributed by atoms with Crippen molar-refractivity contribution in [2.75, 3.05) is 26.3 Å². The Bertz CT molecular complexity index is 497. The van der Waals surface area contributed by atoms with Crippen LogP contribution >= 0.6 is 11.3 Å². The highest BCUT2D eigenvalue weighted by molar-refractivity contribution is 7.10. The zero-order chi connectivity index (χ0) is 13.2. The highest BCUT2D eigenvalue weighted by atomic mass is 32.1. The van der Waals surface area contributed by atoms with Gasteiger partial charge in [-0.2, -0.15) is 0 Å². The van der Waals surface area contributed by atoms with Crippen LogP contribution in [0.2, 0.25) is 0 Å². The fourth-order valence-electron chi connectivity index (χ4n) is 2.50. The second kappa shape index (κ2) is 5.25. The van der Waals surface area contributed by atoms with Crippen molar-refractivity contribution < 1.29 is 14.3 Å². The number of ether oxygens (including phenoxy) is 2. The maximum Gasteiger partial charge on any atom is 0.223 e. The van der Waals surface area contributed by atoms with Gasteiger partial charge in [0.2, 0.25) is 5.91 Å². The lowest BCUT2D eigenvalue weighted by atomic mass is 10.1. The van der Waals surface area contributed by atoms with E-state index in [0.717, 1.165) is 31.0 Å². The summed E-state index contributed by atoms with van der Waals surface area (Å²) in [6.07, 6.45) is 3.31. The van der Waals surface area contributed by atoms with E-state index in [9.17, 15) is 4.79 Å². The van der Waals surface area contributed by atoms with Crippen LogP contribution in [0.3, 0.4) is 0 Å². The second-order valence-electron chi connectivity index (χ2n) is 4.84. The summed E-state index contributed by atoms with van der Waals surface area (Å²) in [5.41, 5.74) is 0. The van der Waals surface area contributed by atoms with Gasteiger partial charge in [0.25, 0.3) is 0 Å². The number of carbonyl (C=O) groups excluding carboxylic acids is 1. The lowest BCUT2D eigenvalue weighted by Crippen LogP contribution is -2.27. The first-order valence-electron chi connectivity index (χ1n) is 6.54. The molecule has 0 saturated carbocycles. The van der Waals surface area contributed by atoms with Crippen molar-refractivity contribution in [3.8, 4) is 11.5 Å². The quantitative estimate of drug-likeness (QED) is 0.792. The molecule has 2 aliphatic heterocycles. The molecule has 19 heavy (non-hydrogen) atoms. The summed E-state index contributed by atoms with van der Waals surface area (Å²) in [5.74, 6) is 2.27. The molecule has 0 spiro atoms. The lowest BCUT2D eigenvalue weighted by Gasteiger charge is -2.18. The van der Waals surface area contributed by atoms with Gasteiger partial charge in [-0.3, -0.25) is 4.79 Å². The lowest BCUT2D eigenvalue weighted by molar-refractivity contribution is -0.127. The first-order chi connectivity index (χ1) is 9.28. The molecule has 0 radical (unpaired) electrons. The van der Waals surface area contributed by atoms with Gasteiger partial charge in [0.15, 0.2) is 11.5 Å². The topological polar surface area (TPSA) is 38.8 Å². The molecule has 4 nitrogen and oxygen atoms in total. The summed E-state index contributed by atoms with van der Waals surface area (Å²) in [6.45, 7) is 6.54. The molecular formula is C14H17NO3S. The molecule has 3 heterocycles. The highest BCUT2D eigenvalue weighted by Crippen LogP contribution is 2.39. The zero-order valence-electron chi connectivity index (χ0n) is 10.8. The summed E-state index contributed by atoms with van der Waals surface area (Å²) in [4.78, 5) is 14.9. The first-order valence-corrected chi connectivity index (χ1v) is 7.42. The molecule has 1 saturated heterocycles. The standard InChI is InChI=1S/C14H17NO3S/c1-2-10-7-13(16)15(8-10)4-3-12-14-11(9-19-12)17-5-6-18-14/h2,9-10H,1,3-8H2. The number of thiophene rings is 1. The SMILES string of the molecule is C=CC1CC(=O)N(CCc2scc3c2OCCO3)C1. The molecule has 0 N–H and O–H groups in total. The van der Waals surface area contributed by atoms with Crippen LogP contribution in [0.1, 0.15) is 11.3 Å². The van der Waals surface area contributed by atoms with Crippen LogP contribution < -0.4 is 9.47 Å². The van der Waals surface area contributed by atoms with Crippen LogP contribution in [-0.4, -0.2) is 37.1 Å². The fraction of sp³-hybridized carbons (Fsp3) is 0.500. The van der Waals surface area contributed by atoms with E-state index < -0.39 is 0 Å². The van der Waals surface area contributed by atoms with Crippen molar-refractivity contribution in [2.24, 2.45) is 5.92 Å². The van der Waals surface area contributed by atoms with Gasteiger partial charge in [-0.25, -0.2) is 0 Å². The minimum Gasteiger partial charge on any atom is -0.485 e. The molecule has 5 heteroatoms. The van der Waals surface area contributed by atoms with Crippen LogP contribution in [0.4, 0.5) is 0 Å². The minimum absolute atomic E-state index is 0.229. The maximum atomic E-state index is 11.8. The molecule has 1 amide bonds. The third-order valence-electron chi connectivity index (χ3n) is 3.56. The number of nitrogens with zero attached hydrogens (tertiary/aromatic N) is 1. The van der Waals surface area contributed by atoms with Gasteiger partial charge >= 0.3 is 0 Å². The van der Waals surface area contributed by atoms with E-state index in [1.54, 1.807) is 11.3 Å².